The summed E-state index contributed by atoms with van der Waals surface area (Å²) in [4.78, 5) is 26.1. The van der Waals surface area contributed by atoms with Gasteiger partial charge < -0.3 is 10.1 Å². The largest absolute Gasteiger partial charge is 0.494 e. The summed E-state index contributed by atoms with van der Waals surface area (Å²) in [5.41, 5.74) is 0.233. The summed E-state index contributed by atoms with van der Waals surface area (Å²) < 4.78 is 19.8. The normalized spacial score (nSPS) is 10.8. The third-order valence-electron chi connectivity index (χ3n) is 4.51. The van der Waals surface area contributed by atoms with Crippen molar-refractivity contribution in [3.05, 3.63) is 93.6 Å². The molecule has 0 saturated heterocycles. The molecule has 0 fully saturated rings. The monoisotopic (exact) mass is 423 g/mol. The molecule has 0 bridgehead atoms. The molecule has 6 nitrogen and oxygen atoms in total. The van der Waals surface area contributed by atoms with Crippen molar-refractivity contribution >= 4 is 34.0 Å². The first kappa shape index (κ1) is 19.6. The number of nitrogens with one attached hydrogen (secondary N) is 1. The number of carbonyl (C=O) groups excluding carboxylic acids is 1. The summed E-state index contributed by atoms with van der Waals surface area (Å²) in [6.07, 6.45) is 0. The molecule has 0 spiro atoms. The van der Waals surface area contributed by atoms with Crippen LogP contribution in [0.25, 0.3) is 16.5 Å². The Morgan fingerprint density at radius 3 is 2.50 bits per heavy atom. The van der Waals surface area contributed by atoms with E-state index in [4.69, 9.17) is 16.3 Å². The molecule has 1 aromatic heterocycles. The molecule has 1 heterocycles. The molecule has 0 unspecified atom stereocenters. The fraction of sp³-hybridized carbons (Fsp3) is 0.0455. The summed E-state index contributed by atoms with van der Waals surface area (Å²) in [5.74, 6) is -0.690. The third-order valence-corrected chi connectivity index (χ3v) is 4.83. The first-order valence-electron chi connectivity index (χ1n) is 8.91. The standard InChI is InChI=1S/C22H15ClFN3O3/c1-30-19-9-5-4-8-18(19)27-22(29)15-7-3-2-6-14(15)20(26-27)21(28)25-17-11-10-13(24)12-16(17)23/h2-12H,1H3,(H,25,28). The fourth-order valence-corrected chi connectivity index (χ4v) is 3.31. The average Bonchev–Trinajstić information content (AvgIpc) is 2.76. The molecule has 30 heavy (non-hydrogen) atoms. The van der Waals surface area contributed by atoms with Gasteiger partial charge in [-0.25, -0.2) is 4.39 Å². The van der Waals surface area contributed by atoms with Crippen molar-refractivity contribution in [1.29, 1.82) is 0 Å². The van der Waals surface area contributed by atoms with Crippen molar-refractivity contribution in [2.24, 2.45) is 0 Å². The molecule has 0 saturated carbocycles. The lowest BCUT2D eigenvalue weighted by molar-refractivity contribution is 0.102. The van der Waals surface area contributed by atoms with Crippen LogP contribution in [-0.4, -0.2) is 22.8 Å². The van der Waals surface area contributed by atoms with Crippen LogP contribution < -0.4 is 15.6 Å². The van der Waals surface area contributed by atoms with Crippen LogP contribution in [-0.2, 0) is 0 Å². The van der Waals surface area contributed by atoms with E-state index in [1.54, 1.807) is 48.5 Å². The molecule has 3 aromatic carbocycles. The maximum atomic E-state index is 13.3. The van der Waals surface area contributed by atoms with Gasteiger partial charge in [0.25, 0.3) is 11.5 Å². The minimum absolute atomic E-state index is 0.0106. The molecule has 8 heteroatoms. The summed E-state index contributed by atoms with van der Waals surface area (Å²) in [7, 11) is 1.48. The number of amides is 1. The summed E-state index contributed by atoms with van der Waals surface area (Å²) >= 11 is 6.02. The number of fused-ring (bicyclic) bond motifs is 1. The zero-order chi connectivity index (χ0) is 21.3. The quantitative estimate of drug-likeness (QED) is 0.526. The van der Waals surface area contributed by atoms with Gasteiger partial charge >= 0.3 is 0 Å². The van der Waals surface area contributed by atoms with Gasteiger partial charge in [0.15, 0.2) is 5.69 Å². The van der Waals surface area contributed by atoms with Crippen LogP contribution in [0.4, 0.5) is 10.1 Å². The van der Waals surface area contributed by atoms with E-state index in [0.717, 1.165) is 10.7 Å². The van der Waals surface area contributed by atoms with Crippen LogP contribution in [0, 0.1) is 5.82 Å². The van der Waals surface area contributed by atoms with Crippen LogP contribution in [0.5, 0.6) is 5.75 Å². The van der Waals surface area contributed by atoms with Gasteiger partial charge in [0.1, 0.15) is 17.3 Å². The van der Waals surface area contributed by atoms with Crippen molar-refractivity contribution in [3.63, 3.8) is 0 Å². The molecular formula is C22H15ClFN3O3. The minimum atomic E-state index is -0.594. The van der Waals surface area contributed by atoms with Crippen LogP contribution in [0.3, 0.4) is 0 Å². The minimum Gasteiger partial charge on any atom is -0.494 e. The second kappa shape index (κ2) is 7.96. The number of methoxy groups -OCH3 is 1. The fourth-order valence-electron chi connectivity index (χ4n) is 3.10. The SMILES string of the molecule is COc1ccccc1-n1nc(C(=O)Nc2ccc(F)cc2Cl)c2ccccc2c1=O. The van der Waals surface area contributed by atoms with Gasteiger partial charge in [-0.3, -0.25) is 9.59 Å². The van der Waals surface area contributed by atoms with Crippen LogP contribution in [0.1, 0.15) is 10.5 Å². The molecule has 0 aliphatic rings. The number of nitrogens with zero attached hydrogens (tertiary/aromatic N) is 2. The topological polar surface area (TPSA) is 73.2 Å². The number of ether oxygens (including phenoxy) is 1. The van der Waals surface area contributed by atoms with Gasteiger partial charge in [0.05, 0.1) is 23.2 Å². The Hall–Kier alpha value is -3.71. The summed E-state index contributed by atoms with van der Waals surface area (Å²) in [6, 6.07) is 17.2. The van der Waals surface area contributed by atoms with E-state index in [1.807, 2.05) is 0 Å². The Balaban J connectivity index is 1.90. The number of hydrogen-bond donors (Lipinski definition) is 1. The average molecular weight is 424 g/mol. The molecule has 1 N–H and O–H groups in total. The Morgan fingerprint density at radius 2 is 1.77 bits per heavy atom. The van der Waals surface area contributed by atoms with Crippen LogP contribution in [0.15, 0.2) is 71.5 Å². The van der Waals surface area contributed by atoms with E-state index in [-0.39, 0.29) is 16.4 Å². The zero-order valence-corrected chi connectivity index (χ0v) is 16.5. The lowest BCUT2D eigenvalue weighted by Gasteiger charge is -2.14. The highest BCUT2D eigenvalue weighted by molar-refractivity contribution is 6.34. The number of rotatable bonds is 4. The van der Waals surface area contributed by atoms with E-state index in [9.17, 15) is 14.0 Å². The molecule has 4 aromatic rings. The van der Waals surface area contributed by atoms with Gasteiger partial charge in [-0.15, -0.1) is 0 Å². The van der Waals surface area contributed by atoms with Crippen molar-refractivity contribution in [2.75, 3.05) is 12.4 Å². The van der Waals surface area contributed by atoms with Gasteiger partial charge in [0.2, 0.25) is 0 Å². The molecule has 0 aliphatic heterocycles. The number of anilines is 1. The lowest BCUT2D eigenvalue weighted by atomic mass is 10.1. The number of halogens is 2. The van der Waals surface area contributed by atoms with E-state index >= 15 is 0 Å². The first-order valence-corrected chi connectivity index (χ1v) is 9.29. The predicted molar refractivity (Wildman–Crippen MR) is 113 cm³/mol. The Bertz CT molecular complexity index is 1340. The molecule has 150 valence electrons. The Kier molecular flexibility index (Phi) is 5.20. The molecule has 0 aliphatic carbocycles. The highest BCUT2D eigenvalue weighted by Gasteiger charge is 2.19. The Morgan fingerprint density at radius 1 is 1.07 bits per heavy atom. The van der Waals surface area contributed by atoms with Gasteiger partial charge in [-0.2, -0.15) is 9.78 Å². The highest BCUT2D eigenvalue weighted by atomic mass is 35.5. The van der Waals surface area contributed by atoms with Crippen molar-refractivity contribution < 1.29 is 13.9 Å². The maximum Gasteiger partial charge on any atom is 0.279 e. The second-order valence-corrected chi connectivity index (χ2v) is 6.77. The van der Waals surface area contributed by atoms with Crippen molar-refractivity contribution in [1.82, 2.24) is 9.78 Å². The summed E-state index contributed by atoms with van der Waals surface area (Å²) in [5, 5.41) is 7.68. The van der Waals surface area contributed by atoms with Crippen LogP contribution in [0.2, 0.25) is 5.02 Å². The van der Waals surface area contributed by atoms with Crippen molar-refractivity contribution in [3.8, 4) is 11.4 Å². The lowest BCUT2D eigenvalue weighted by Crippen LogP contribution is -2.27. The molecule has 0 radical (unpaired) electrons. The molecule has 0 atom stereocenters. The first-order chi connectivity index (χ1) is 14.5. The van der Waals surface area contributed by atoms with Crippen LogP contribution >= 0.6 is 11.6 Å². The predicted octanol–water partition coefficient (Wildman–Crippen LogP) is 4.44. The molecule has 1 amide bonds. The van der Waals surface area contributed by atoms with Crippen molar-refractivity contribution in [2.45, 2.75) is 0 Å². The number of para-hydroxylation sites is 2. The Labute approximate surface area is 175 Å². The number of aromatic nitrogens is 2. The summed E-state index contributed by atoms with van der Waals surface area (Å²) in [6.45, 7) is 0. The van der Waals surface area contributed by atoms with E-state index in [1.165, 1.54) is 19.2 Å². The van der Waals surface area contributed by atoms with E-state index in [0.29, 0.717) is 22.2 Å². The molecule has 4 rings (SSSR count). The zero-order valence-electron chi connectivity index (χ0n) is 15.7. The highest BCUT2D eigenvalue weighted by Crippen LogP contribution is 2.25. The molecular weight excluding hydrogens is 409 g/mol. The van der Waals surface area contributed by atoms with Gasteiger partial charge in [-0.1, -0.05) is 41.9 Å². The number of carbonyl (C=O) groups is 1. The third kappa shape index (κ3) is 3.51. The number of benzene rings is 3. The maximum absolute atomic E-state index is 13.3. The number of hydrogen-bond acceptors (Lipinski definition) is 4. The van der Waals surface area contributed by atoms with E-state index < -0.39 is 17.3 Å². The second-order valence-electron chi connectivity index (χ2n) is 6.36. The van der Waals surface area contributed by atoms with Gasteiger partial charge in [0, 0.05) is 5.39 Å². The van der Waals surface area contributed by atoms with Gasteiger partial charge in [-0.05, 0) is 36.4 Å². The van der Waals surface area contributed by atoms with E-state index in [2.05, 4.69) is 10.4 Å². The smallest absolute Gasteiger partial charge is 0.279 e.